The molecule has 0 aliphatic carbocycles. The number of esters is 1. The van der Waals surface area contributed by atoms with E-state index >= 15 is 0 Å². The first-order valence-electron chi connectivity index (χ1n) is 2.62. The molecule has 0 aliphatic heterocycles. The number of rotatable bonds is 3. The Hall–Kier alpha value is -0.460. The summed E-state index contributed by atoms with van der Waals surface area (Å²) in [5.74, 6) is -0.990. The Labute approximate surface area is 70.4 Å². The van der Waals surface area contributed by atoms with Crippen LogP contribution < -0.4 is 22.1 Å². The predicted molar refractivity (Wildman–Crippen MR) is 41.1 cm³/mol. The highest BCUT2D eigenvalue weighted by molar-refractivity contribution is 7.49. The maximum Gasteiger partial charge on any atom is 0.310 e. The first kappa shape index (κ1) is 17.6. The summed E-state index contributed by atoms with van der Waals surface area (Å²) in [7, 11) is -4.73. The van der Waals surface area contributed by atoms with Crippen molar-refractivity contribution in [1.29, 1.82) is 0 Å². The lowest BCUT2D eigenvalue weighted by molar-refractivity contribution is -0.313. The second-order valence-electron chi connectivity index (χ2n) is 1.57. The molecule has 8 N–H and O–H groups in total. The van der Waals surface area contributed by atoms with Crippen LogP contribution in [0.4, 0.5) is 0 Å². The van der Waals surface area contributed by atoms with Crippen molar-refractivity contribution in [3.63, 3.8) is 0 Å². The molecule has 0 saturated carbocycles. The van der Waals surface area contributed by atoms with Crippen molar-refractivity contribution in [2.24, 2.45) is 0 Å². The van der Waals surface area contributed by atoms with Crippen LogP contribution in [0, 0.1) is 0 Å². The Kier molecular flexibility index (Phi) is 10.6. The molecule has 0 radical (unpaired) electrons. The summed E-state index contributed by atoms with van der Waals surface area (Å²) in [5.41, 5.74) is 0. The standard InChI is InChI=1S/C4H9O5P.2H3N/c1-2-9-4(5)3-10(6,7)8;;/h2-3H2,1H3,(H2,6,7,8);2*1H3. The van der Waals surface area contributed by atoms with E-state index in [0.29, 0.717) is 0 Å². The van der Waals surface area contributed by atoms with Gasteiger partial charge in [0.25, 0.3) is 0 Å². The molecule has 8 heteroatoms. The van der Waals surface area contributed by atoms with Gasteiger partial charge in [0.1, 0.15) is 0 Å². The molecule has 12 heavy (non-hydrogen) atoms. The molecule has 0 aromatic heterocycles. The summed E-state index contributed by atoms with van der Waals surface area (Å²) in [5, 5.41) is 0. The first-order valence-corrected chi connectivity index (χ1v) is 4.35. The smallest absolute Gasteiger partial charge is 0.310 e. The summed E-state index contributed by atoms with van der Waals surface area (Å²) in [4.78, 5) is 30.0. The zero-order chi connectivity index (χ0) is 8.20. The molecule has 0 amide bonds. The van der Waals surface area contributed by atoms with E-state index in [-0.39, 0.29) is 18.9 Å². The fraction of sp³-hybridized carbons (Fsp3) is 0.750. The van der Waals surface area contributed by atoms with Crippen LogP contribution in [0.1, 0.15) is 6.92 Å². The van der Waals surface area contributed by atoms with Crippen LogP contribution in [-0.4, -0.2) is 18.7 Å². The topological polar surface area (TPSA) is 162 Å². The molecule has 0 aromatic rings. The Morgan fingerprint density at radius 1 is 1.42 bits per heavy atom. The number of carbonyl (C=O) groups excluding carboxylic acids is 1. The van der Waals surface area contributed by atoms with Crippen molar-refractivity contribution < 1.29 is 23.9 Å². The molecule has 0 saturated heterocycles. The van der Waals surface area contributed by atoms with Crippen LogP contribution in [-0.2, 0) is 14.1 Å². The molecule has 0 unspecified atom stereocenters. The SMILES string of the molecule is CCOC(=O)CP(=O)([O-])[O-].[NH4+].[NH4+]. The number of ether oxygens (including phenoxy) is 1. The highest BCUT2D eigenvalue weighted by atomic mass is 31.2. The van der Waals surface area contributed by atoms with Gasteiger partial charge in [0.15, 0.2) is 0 Å². The lowest BCUT2D eigenvalue weighted by Gasteiger charge is -2.27. The van der Waals surface area contributed by atoms with Crippen LogP contribution in [0.15, 0.2) is 0 Å². The summed E-state index contributed by atoms with van der Waals surface area (Å²) >= 11 is 0. The van der Waals surface area contributed by atoms with Crippen LogP contribution in [0.5, 0.6) is 0 Å². The Bertz CT molecular complexity index is 167. The van der Waals surface area contributed by atoms with E-state index < -0.39 is 19.7 Å². The van der Waals surface area contributed by atoms with E-state index in [2.05, 4.69) is 4.74 Å². The van der Waals surface area contributed by atoms with Crippen molar-refractivity contribution in [1.82, 2.24) is 12.3 Å². The maximum absolute atomic E-state index is 10.3. The van der Waals surface area contributed by atoms with Gasteiger partial charge in [-0.1, -0.05) is 7.60 Å². The van der Waals surface area contributed by atoms with E-state index in [1.807, 2.05) is 0 Å². The highest BCUT2D eigenvalue weighted by Crippen LogP contribution is 2.21. The van der Waals surface area contributed by atoms with Gasteiger partial charge in [-0.25, -0.2) is 0 Å². The summed E-state index contributed by atoms with van der Waals surface area (Å²) in [6, 6.07) is 0. The Morgan fingerprint density at radius 3 is 2.08 bits per heavy atom. The van der Waals surface area contributed by atoms with Crippen LogP contribution in [0.3, 0.4) is 0 Å². The van der Waals surface area contributed by atoms with Crippen LogP contribution in [0.2, 0.25) is 0 Å². The van der Waals surface area contributed by atoms with Gasteiger partial charge < -0.3 is 31.4 Å². The molecule has 0 fully saturated rings. The molecule has 7 nitrogen and oxygen atoms in total. The van der Waals surface area contributed by atoms with Gasteiger partial charge in [0.2, 0.25) is 0 Å². The largest absolute Gasteiger partial charge is 0.810 e. The minimum atomic E-state index is -4.73. The number of hydrogen-bond donors (Lipinski definition) is 2. The van der Waals surface area contributed by atoms with Crippen LogP contribution >= 0.6 is 7.60 Å². The van der Waals surface area contributed by atoms with Crippen molar-refractivity contribution >= 4 is 13.6 Å². The van der Waals surface area contributed by atoms with Gasteiger partial charge in [0.05, 0.1) is 12.8 Å². The van der Waals surface area contributed by atoms with E-state index in [9.17, 15) is 19.1 Å². The zero-order valence-electron chi connectivity index (χ0n) is 7.40. The van der Waals surface area contributed by atoms with Crippen molar-refractivity contribution in [3.8, 4) is 0 Å². The second-order valence-corrected chi connectivity index (χ2v) is 3.11. The molecule has 0 bridgehead atoms. The lowest BCUT2D eigenvalue weighted by Crippen LogP contribution is -2.23. The number of hydrogen-bond acceptors (Lipinski definition) is 5. The van der Waals surface area contributed by atoms with Crippen LogP contribution in [0.25, 0.3) is 0 Å². The van der Waals surface area contributed by atoms with E-state index in [4.69, 9.17) is 0 Å². The van der Waals surface area contributed by atoms with Gasteiger partial charge in [0, 0.05) is 0 Å². The van der Waals surface area contributed by atoms with Crippen molar-refractivity contribution in [2.75, 3.05) is 12.8 Å². The van der Waals surface area contributed by atoms with Gasteiger partial charge >= 0.3 is 5.97 Å². The van der Waals surface area contributed by atoms with E-state index in [0.717, 1.165) is 0 Å². The Balaban J connectivity index is -0.000000405. The second kappa shape index (κ2) is 7.20. The maximum atomic E-state index is 10.3. The summed E-state index contributed by atoms with van der Waals surface area (Å²) in [6.07, 6.45) is -1.05. The van der Waals surface area contributed by atoms with Gasteiger partial charge in [-0.2, -0.15) is 0 Å². The third kappa shape index (κ3) is 12.2. The van der Waals surface area contributed by atoms with Crippen molar-refractivity contribution in [2.45, 2.75) is 6.92 Å². The molecule has 0 aliphatic rings. The van der Waals surface area contributed by atoms with E-state index in [1.165, 1.54) is 6.92 Å². The number of quaternary nitrogens is 2. The molecule has 0 rings (SSSR count). The molecule has 0 heterocycles. The predicted octanol–water partition coefficient (Wildman–Crippen LogP) is -0.784. The molecular formula is C4H15N2O5P. The fourth-order valence-electron chi connectivity index (χ4n) is 0.365. The Morgan fingerprint density at radius 2 is 1.83 bits per heavy atom. The summed E-state index contributed by atoms with van der Waals surface area (Å²) < 4.78 is 14.1. The first-order chi connectivity index (χ1) is 4.45. The van der Waals surface area contributed by atoms with Crippen molar-refractivity contribution in [3.05, 3.63) is 0 Å². The molecule has 76 valence electrons. The fourth-order valence-corrected chi connectivity index (χ4v) is 0.772. The molecular weight excluding hydrogens is 187 g/mol. The lowest BCUT2D eigenvalue weighted by atomic mass is 10.8. The average molecular weight is 202 g/mol. The highest BCUT2D eigenvalue weighted by Gasteiger charge is 2.02. The average Bonchev–Trinajstić information content (AvgIpc) is 1.59. The summed E-state index contributed by atoms with van der Waals surface area (Å²) in [6.45, 7) is 1.61. The molecule has 0 spiro atoms. The minimum absolute atomic E-state index is 0. The third-order valence-electron chi connectivity index (χ3n) is 0.628. The minimum Gasteiger partial charge on any atom is -0.810 e. The normalized spacial score (nSPS) is 9.25. The quantitative estimate of drug-likeness (QED) is 0.451. The molecule has 0 atom stereocenters. The van der Waals surface area contributed by atoms with Gasteiger partial charge in [-0.15, -0.1) is 0 Å². The van der Waals surface area contributed by atoms with Gasteiger partial charge in [-0.3, -0.25) is 4.79 Å². The number of carbonyl (C=O) groups is 1. The third-order valence-corrected chi connectivity index (χ3v) is 1.27. The molecule has 0 aromatic carbocycles. The monoisotopic (exact) mass is 202 g/mol. The van der Waals surface area contributed by atoms with Gasteiger partial charge in [-0.05, 0) is 6.92 Å². The zero-order valence-corrected chi connectivity index (χ0v) is 8.30. The van der Waals surface area contributed by atoms with E-state index in [1.54, 1.807) is 0 Å².